The molecule has 0 saturated heterocycles. The third-order valence-electron chi connectivity index (χ3n) is 3.02. The number of benzene rings is 1. The predicted octanol–water partition coefficient (Wildman–Crippen LogP) is 1.90. The number of halogens is 1. The van der Waals surface area contributed by atoms with E-state index in [0.717, 1.165) is 5.56 Å². The first-order valence-electron chi connectivity index (χ1n) is 5.41. The van der Waals surface area contributed by atoms with Crippen molar-refractivity contribution < 1.29 is 9.50 Å². The van der Waals surface area contributed by atoms with Crippen LogP contribution in [0.1, 0.15) is 25.0 Å². The zero-order chi connectivity index (χ0) is 13.1. The van der Waals surface area contributed by atoms with Crippen LogP contribution in [-0.2, 0) is 6.54 Å². The van der Waals surface area contributed by atoms with Gasteiger partial charge >= 0.3 is 0 Å². The van der Waals surface area contributed by atoms with Crippen LogP contribution in [0, 0.1) is 17.1 Å². The molecular weight excluding hydrogens is 219 g/mol. The Hall–Kier alpha value is -1.44. The molecule has 0 spiro atoms. The maximum absolute atomic E-state index is 13.0. The summed E-state index contributed by atoms with van der Waals surface area (Å²) in [7, 11) is 1.86. The minimum atomic E-state index is -0.408. The molecule has 0 saturated carbocycles. The standard InChI is InChI=1S/C13H17FN2O/c1-13(2,9-17)16(3)8-10-4-5-12(14)6-11(10)7-15/h4-6,17H,8-9H2,1-3H3. The molecule has 0 fully saturated rings. The Morgan fingerprint density at radius 1 is 1.47 bits per heavy atom. The van der Waals surface area contributed by atoms with E-state index in [0.29, 0.717) is 12.1 Å². The molecule has 1 rings (SSSR count). The summed E-state index contributed by atoms with van der Waals surface area (Å²) in [5, 5.41) is 18.2. The zero-order valence-electron chi connectivity index (χ0n) is 10.4. The first-order valence-corrected chi connectivity index (χ1v) is 5.41. The molecule has 0 atom stereocenters. The van der Waals surface area contributed by atoms with E-state index in [-0.39, 0.29) is 12.1 Å². The Labute approximate surface area is 101 Å². The van der Waals surface area contributed by atoms with Gasteiger partial charge in [0.05, 0.1) is 18.2 Å². The van der Waals surface area contributed by atoms with Gasteiger partial charge in [0.1, 0.15) is 5.82 Å². The average molecular weight is 236 g/mol. The number of aliphatic hydroxyl groups excluding tert-OH is 1. The zero-order valence-corrected chi connectivity index (χ0v) is 10.4. The molecule has 0 aliphatic heterocycles. The quantitative estimate of drug-likeness (QED) is 0.868. The number of likely N-dealkylation sites (N-methyl/N-ethyl adjacent to an activating group) is 1. The lowest BCUT2D eigenvalue weighted by atomic mass is 10.0. The molecule has 92 valence electrons. The molecular formula is C13H17FN2O. The third-order valence-corrected chi connectivity index (χ3v) is 3.02. The number of hydrogen-bond acceptors (Lipinski definition) is 3. The minimum absolute atomic E-state index is 0.0204. The van der Waals surface area contributed by atoms with Crippen LogP contribution >= 0.6 is 0 Å². The van der Waals surface area contributed by atoms with Gasteiger partial charge in [-0.25, -0.2) is 4.39 Å². The van der Waals surface area contributed by atoms with Crippen LogP contribution in [0.25, 0.3) is 0 Å². The molecule has 1 aromatic carbocycles. The molecule has 0 bridgehead atoms. The summed E-state index contributed by atoms with van der Waals surface area (Å²) >= 11 is 0. The van der Waals surface area contributed by atoms with E-state index in [4.69, 9.17) is 5.26 Å². The van der Waals surface area contributed by atoms with Crippen LogP contribution in [0.3, 0.4) is 0 Å². The van der Waals surface area contributed by atoms with E-state index in [1.807, 2.05) is 31.9 Å². The lowest BCUT2D eigenvalue weighted by Crippen LogP contribution is -2.43. The highest BCUT2D eigenvalue weighted by atomic mass is 19.1. The summed E-state index contributed by atoms with van der Waals surface area (Å²) in [5.41, 5.74) is 0.727. The van der Waals surface area contributed by atoms with E-state index >= 15 is 0 Å². The maximum Gasteiger partial charge on any atom is 0.124 e. The van der Waals surface area contributed by atoms with Crippen molar-refractivity contribution in [3.63, 3.8) is 0 Å². The van der Waals surface area contributed by atoms with Crippen molar-refractivity contribution in [1.82, 2.24) is 4.90 Å². The number of rotatable bonds is 4. The number of hydrogen-bond donors (Lipinski definition) is 1. The van der Waals surface area contributed by atoms with Crippen LogP contribution in [0.2, 0.25) is 0 Å². The van der Waals surface area contributed by atoms with Gasteiger partial charge in [-0.1, -0.05) is 6.07 Å². The second-order valence-electron chi connectivity index (χ2n) is 4.74. The van der Waals surface area contributed by atoms with Gasteiger partial charge in [-0.2, -0.15) is 5.26 Å². The van der Waals surface area contributed by atoms with Gasteiger partial charge in [0, 0.05) is 12.1 Å². The number of aliphatic hydroxyl groups is 1. The fraction of sp³-hybridized carbons (Fsp3) is 0.462. The van der Waals surface area contributed by atoms with Crippen LogP contribution in [0.5, 0.6) is 0 Å². The first-order chi connectivity index (χ1) is 7.90. The van der Waals surface area contributed by atoms with Crippen molar-refractivity contribution in [3.05, 3.63) is 35.1 Å². The van der Waals surface area contributed by atoms with Crippen molar-refractivity contribution in [3.8, 4) is 6.07 Å². The van der Waals surface area contributed by atoms with E-state index in [1.54, 1.807) is 6.07 Å². The van der Waals surface area contributed by atoms with Gasteiger partial charge in [-0.3, -0.25) is 4.90 Å². The Bertz CT molecular complexity index is 438. The van der Waals surface area contributed by atoms with Crippen LogP contribution < -0.4 is 0 Å². The van der Waals surface area contributed by atoms with Crippen LogP contribution in [0.15, 0.2) is 18.2 Å². The summed E-state index contributed by atoms with van der Waals surface area (Å²) in [6, 6.07) is 6.17. The predicted molar refractivity (Wildman–Crippen MR) is 63.7 cm³/mol. The molecule has 0 aliphatic rings. The van der Waals surface area contributed by atoms with Crippen molar-refractivity contribution in [1.29, 1.82) is 5.26 Å². The first kappa shape index (κ1) is 13.6. The van der Waals surface area contributed by atoms with E-state index in [1.165, 1.54) is 12.1 Å². The Morgan fingerprint density at radius 3 is 2.65 bits per heavy atom. The van der Waals surface area contributed by atoms with Gasteiger partial charge < -0.3 is 5.11 Å². The second-order valence-corrected chi connectivity index (χ2v) is 4.74. The van der Waals surface area contributed by atoms with Gasteiger partial charge in [-0.05, 0) is 38.6 Å². The molecule has 0 amide bonds. The van der Waals surface area contributed by atoms with Crippen molar-refractivity contribution in [2.75, 3.05) is 13.7 Å². The van der Waals surface area contributed by atoms with Crippen molar-refractivity contribution in [2.24, 2.45) is 0 Å². The minimum Gasteiger partial charge on any atom is -0.394 e. The summed E-state index contributed by atoms with van der Waals surface area (Å²) in [4.78, 5) is 1.93. The molecule has 0 radical (unpaired) electrons. The van der Waals surface area contributed by atoms with E-state index in [2.05, 4.69) is 0 Å². The molecule has 0 aliphatic carbocycles. The SMILES string of the molecule is CN(Cc1ccc(F)cc1C#N)C(C)(C)CO. The highest BCUT2D eigenvalue weighted by Crippen LogP contribution is 2.18. The highest BCUT2D eigenvalue weighted by Gasteiger charge is 2.23. The highest BCUT2D eigenvalue weighted by molar-refractivity contribution is 5.37. The number of nitriles is 1. The lowest BCUT2D eigenvalue weighted by molar-refractivity contribution is 0.0733. The molecule has 17 heavy (non-hydrogen) atoms. The Balaban J connectivity index is 2.93. The van der Waals surface area contributed by atoms with E-state index < -0.39 is 5.82 Å². The molecule has 0 unspecified atom stereocenters. The second kappa shape index (κ2) is 5.26. The van der Waals surface area contributed by atoms with Gasteiger partial charge in [0.15, 0.2) is 0 Å². The maximum atomic E-state index is 13.0. The van der Waals surface area contributed by atoms with Gasteiger partial charge in [0.2, 0.25) is 0 Å². The fourth-order valence-corrected chi connectivity index (χ4v) is 1.38. The van der Waals surface area contributed by atoms with Gasteiger partial charge in [-0.15, -0.1) is 0 Å². The van der Waals surface area contributed by atoms with E-state index in [9.17, 15) is 9.50 Å². The smallest absolute Gasteiger partial charge is 0.124 e. The topological polar surface area (TPSA) is 47.3 Å². The Morgan fingerprint density at radius 2 is 2.12 bits per heavy atom. The normalized spacial score (nSPS) is 11.6. The summed E-state index contributed by atoms with van der Waals surface area (Å²) in [6.07, 6.45) is 0. The average Bonchev–Trinajstić information content (AvgIpc) is 2.31. The van der Waals surface area contributed by atoms with Crippen molar-refractivity contribution >= 4 is 0 Å². The monoisotopic (exact) mass is 236 g/mol. The largest absolute Gasteiger partial charge is 0.394 e. The van der Waals surface area contributed by atoms with Gasteiger partial charge in [0.25, 0.3) is 0 Å². The molecule has 1 N–H and O–H groups in total. The summed E-state index contributed by atoms with van der Waals surface area (Å²) in [6.45, 7) is 4.33. The van der Waals surface area contributed by atoms with Crippen LogP contribution in [-0.4, -0.2) is 29.2 Å². The third kappa shape index (κ3) is 3.26. The van der Waals surface area contributed by atoms with Crippen LogP contribution in [0.4, 0.5) is 4.39 Å². The summed E-state index contributed by atoms with van der Waals surface area (Å²) < 4.78 is 13.0. The molecule has 4 heteroatoms. The lowest BCUT2D eigenvalue weighted by Gasteiger charge is -2.34. The molecule has 1 aromatic rings. The molecule has 3 nitrogen and oxygen atoms in total. The Kier molecular flexibility index (Phi) is 4.22. The summed E-state index contributed by atoms with van der Waals surface area (Å²) in [5.74, 6) is -0.408. The molecule has 0 heterocycles. The molecule has 0 aromatic heterocycles. The number of nitrogens with zero attached hydrogens (tertiary/aromatic N) is 2. The fourth-order valence-electron chi connectivity index (χ4n) is 1.38. The van der Waals surface area contributed by atoms with Crippen molar-refractivity contribution in [2.45, 2.75) is 25.9 Å².